The number of hydrogen-bond acceptors (Lipinski definition) is 4. The zero-order valence-corrected chi connectivity index (χ0v) is 14.7. The maximum Gasteiger partial charge on any atom is 0.267 e. The average molecular weight is 369 g/mol. The number of aryl methyl sites for hydroxylation is 2. The van der Waals surface area contributed by atoms with Gasteiger partial charge in [-0.2, -0.15) is 0 Å². The van der Waals surface area contributed by atoms with Crippen LogP contribution in [0.1, 0.15) is 27.0 Å². The Morgan fingerprint density at radius 3 is 2.36 bits per heavy atom. The van der Waals surface area contributed by atoms with E-state index in [9.17, 15) is 22.0 Å². The molecule has 2 aromatic carbocycles. The molecule has 0 bridgehead atoms. The van der Waals surface area contributed by atoms with Crippen molar-refractivity contribution in [3.8, 4) is 5.75 Å². The lowest BCUT2D eigenvalue weighted by molar-refractivity contribution is 0.0977. The van der Waals surface area contributed by atoms with Crippen molar-refractivity contribution >= 4 is 15.9 Å². The Morgan fingerprint density at radius 1 is 1.08 bits per heavy atom. The van der Waals surface area contributed by atoms with Crippen LogP contribution in [0.3, 0.4) is 0 Å². The van der Waals surface area contributed by atoms with Crippen LogP contribution in [-0.4, -0.2) is 20.6 Å². The highest BCUT2D eigenvalue weighted by molar-refractivity contribution is 7.89. The second-order valence-electron chi connectivity index (χ2n) is 5.67. The number of benzene rings is 2. The van der Waals surface area contributed by atoms with E-state index in [0.717, 1.165) is 22.9 Å². The van der Waals surface area contributed by atoms with Gasteiger partial charge in [-0.25, -0.2) is 21.9 Å². The minimum Gasteiger partial charge on any atom is -0.486 e. The fraction of sp³-hybridized carbons (Fsp3) is 0.235. The van der Waals surface area contributed by atoms with Crippen molar-refractivity contribution in [1.82, 2.24) is 4.72 Å². The SMILES string of the molecule is Cc1ccc(COc2cc(F)c(C(=O)NS(C)(=O)=O)cc2F)cc1C. The summed E-state index contributed by atoms with van der Waals surface area (Å²) >= 11 is 0. The van der Waals surface area contributed by atoms with Gasteiger partial charge >= 0.3 is 0 Å². The summed E-state index contributed by atoms with van der Waals surface area (Å²) in [5.74, 6) is -3.67. The van der Waals surface area contributed by atoms with E-state index in [2.05, 4.69) is 0 Å². The van der Waals surface area contributed by atoms with Crippen LogP contribution in [0.25, 0.3) is 0 Å². The van der Waals surface area contributed by atoms with Gasteiger partial charge in [-0.3, -0.25) is 4.79 Å². The molecule has 0 fully saturated rings. The van der Waals surface area contributed by atoms with Gasteiger partial charge in [-0.1, -0.05) is 18.2 Å². The molecule has 0 spiro atoms. The Morgan fingerprint density at radius 2 is 1.76 bits per heavy atom. The number of hydrogen-bond donors (Lipinski definition) is 1. The average Bonchev–Trinajstić information content (AvgIpc) is 2.49. The molecule has 5 nitrogen and oxygen atoms in total. The van der Waals surface area contributed by atoms with Gasteiger partial charge in [0, 0.05) is 6.07 Å². The van der Waals surface area contributed by atoms with E-state index < -0.39 is 33.1 Å². The quantitative estimate of drug-likeness (QED) is 0.880. The minimum absolute atomic E-state index is 0.0202. The Labute approximate surface area is 144 Å². The Bertz CT molecular complexity index is 926. The molecular formula is C17H17F2NO4S. The summed E-state index contributed by atoms with van der Waals surface area (Å²) in [6, 6.07) is 6.89. The van der Waals surface area contributed by atoms with Crippen molar-refractivity contribution in [2.45, 2.75) is 20.5 Å². The number of halogens is 2. The third kappa shape index (κ3) is 4.99. The second-order valence-corrected chi connectivity index (χ2v) is 7.42. The van der Waals surface area contributed by atoms with E-state index in [-0.39, 0.29) is 12.4 Å². The molecule has 0 radical (unpaired) electrons. The molecule has 0 heterocycles. The maximum absolute atomic E-state index is 14.0. The number of carbonyl (C=O) groups is 1. The number of ether oxygens (including phenoxy) is 1. The van der Waals surface area contributed by atoms with Crippen LogP contribution in [0.4, 0.5) is 8.78 Å². The van der Waals surface area contributed by atoms with Crippen LogP contribution in [0.2, 0.25) is 0 Å². The molecule has 1 N–H and O–H groups in total. The summed E-state index contributed by atoms with van der Waals surface area (Å²) in [6.07, 6.45) is 0.736. The van der Waals surface area contributed by atoms with Gasteiger partial charge in [0.25, 0.3) is 5.91 Å². The zero-order valence-electron chi connectivity index (χ0n) is 13.9. The number of carbonyl (C=O) groups excluding carboxylic acids is 1. The first-order valence-electron chi connectivity index (χ1n) is 7.27. The van der Waals surface area contributed by atoms with E-state index in [0.29, 0.717) is 12.1 Å². The molecule has 1 amide bonds. The van der Waals surface area contributed by atoms with Crippen molar-refractivity contribution in [3.05, 3.63) is 64.2 Å². The van der Waals surface area contributed by atoms with Crippen LogP contribution >= 0.6 is 0 Å². The second kappa shape index (κ2) is 7.18. The molecular weight excluding hydrogens is 352 g/mol. The van der Waals surface area contributed by atoms with Crippen LogP contribution in [-0.2, 0) is 16.6 Å². The van der Waals surface area contributed by atoms with Crippen molar-refractivity contribution < 1.29 is 26.7 Å². The molecule has 0 saturated carbocycles. The van der Waals surface area contributed by atoms with E-state index in [1.54, 1.807) is 4.72 Å². The fourth-order valence-corrected chi connectivity index (χ4v) is 2.54. The highest BCUT2D eigenvalue weighted by Gasteiger charge is 2.19. The Kier molecular flexibility index (Phi) is 5.42. The fourth-order valence-electron chi connectivity index (χ4n) is 2.09. The molecule has 0 aliphatic carbocycles. The molecule has 134 valence electrons. The van der Waals surface area contributed by atoms with Crippen LogP contribution < -0.4 is 9.46 Å². The zero-order chi connectivity index (χ0) is 18.8. The lowest BCUT2D eigenvalue weighted by Gasteiger charge is -2.11. The van der Waals surface area contributed by atoms with E-state index in [1.807, 2.05) is 32.0 Å². The number of amides is 1. The molecule has 0 unspecified atom stereocenters. The summed E-state index contributed by atoms with van der Waals surface area (Å²) in [6.45, 7) is 3.90. The first-order valence-corrected chi connectivity index (χ1v) is 9.16. The third-order valence-electron chi connectivity index (χ3n) is 3.51. The van der Waals surface area contributed by atoms with Gasteiger partial charge < -0.3 is 4.74 Å². The molecule has 2 aromatic rings. The molecule has 0 aliphatic rings. The van der Waals surface area contributed by atoms with Crippen molar-refractivity contribution in [3.63, 3.8) is 0 Å². The topological polar surface area (TPSA) is 72.5 Å². The molecule has 0 atom stereocenters. The molecule has 0 saturated heterocycles. The summed E-state index contributed by atoms with van der Waals surface area (Å²) in [5.41, 5.74) is 2.20. The molecule has 2 rings (SSSR count). The lowest BCUT2D eigenvalue weighted by atomic mass is 10.1. The predicted octanol–water partition coefficient (Wildman–Crippen LogP) is 2.85. The maximum atomic E-state index is 14.0. The van der Waals surface area contributed by atoms with Gasteiger partial charge in [-0.05, 0) is 36.6 Å². The minimum atomic E-state index is -3.89. The highest BCUT2D eigenvalue weighted by atomic mass is 32.2. The highest BCUT2D eigenvalue weighted by Crippen LogP contribution is 2.23. The van der Waals surface area contributed by atoms with Crippen molar-refractivity contribution in [2.24, 2.45) is 0 Å². The number of nitrogens with one attached hydrogen (secondary N) is 1. The number of rotatable bonds is 5. The molecule has 8 heteroatoms. The van der Waals surface area contributed by atoms with Gasteiger partial charge in [0.15, 0.2) is 11.6 Å². The summed E-state index contributed by atoms with van der Waals surface area (Å²) in [7, 11) is -3.89. The molecule has 0 aromatic heterocycles. The van der Waals surface area contributed by atoms with Crippen molar-refractivity contribution in [1.29, 1.82) is 0 Å². The lowest BCUT2D eigenvalue weighted by Crippen LogP contribution is -2.30. The molecule has 25 heavy (non-hydrogen) atoms. The van der Waals surface area contributed by atoms with Gasteiger partial charge in [-0.15, -0.1) is 0 Å². The van der Waals surface area contributed by atoms with Crippen molar-refractivity contribution in [2.75, 3.05) is 6.26 Å². The number of sulfonamides is 1. The first kappa shape index (κ1) is 18.9. The van der Waals surface area contributed by atoms with Crippen LogP contribution in [0.15, 0.2) is 30.3 Å². The summed E-state index contributed by atoms with van der Waals surface area (Å²) in [4.78, 5) is 11.7. The van der Waals surface area contributed by atoms with Gasteiger partial charge in [0.05, 0.1) is 11.8 Å². The van der Waals surface area contributed by atoms with Crippen LogP contribution in [0.5, 0.6) is 5.75 Å². The normalized spacial score (nSPS) is 11.2. The van der Waals surface area contributed by atoms with E-state index in [4.69, 9.17) is 4.74 Å². The summed E-state index contributed by atoms with van der Waals surface area (Å²) in [5, 5.41) is 0. The van der Waals surface area contributed by atoms with E-state index >= 15 is 0 Å². The van der Waals surface area contributed by atoms with Crippen LogP contribution in [0, 0.1) is 25.5 Å². The van der Waals surface area contributed by atoms with Gasteiger partial charge in [0.1, 0.15) is 12.4 Å². The largest absolute Gasteiger partial charge is 0.486 e. The predicted molar refractivity (Wildman–Crippen MR) is 88.9 cm³/mol. The Balaban J connectivity index is 2.19. The molecule has 0 aliphatic heterocycles. The third-order valence-corrected chi connectivity index (χ3v) is 4.07. The first-order chi connectivity index (χ1) is 11.6. The smallest absolute Gasteiger partial charge is 0.267 e. The van der Waals surface area contributed by atoms with E-state index in [1.165, 1.54) is 0 Å². The summed E-state index contributed by atoms with van der Waals surface area (Å²) < 4.78 is 56.9. The van der Waals surface area contributed by atoms with Gasteiger partial charge in [0.2, 0.25) is 10.0 Å². The monoisotopic (exact) mass is 369 g/mol. The standard InChI is InChI=1S/C17H17F2NO4S/c1-10-4-5-12(6-11(10)2)9-24-16-8-14(18)13(7-15(16)19)17(21)20-25(3,22)23/h4-8H,9H2,1-3H3,(H,20,21). The Hall–Kier alpha value is -2.48.